The van der Waals surface area contributed by atoms with E-state index in [4.69, 9.17) is 14.9 Å². The molecule has 0 aliphatic carbocycles. The third-order valence-corrected chi connectivity index (χ3v) is 2.10. The average molecular weight is 200 g/mol. The van der Waals surface area contributed by atoms with Crippen molar-refractivity contribution in [2.24, 2.45) is 0 Å². The molecule has 0 aromatic heterocycles. The molecule has 0 spiro atoms. The van der Waals surface area contributed by atoms with Crippen LogP contribution in [0.5, 0.6) is 0 Å². The van der Waals surface area contributed by atoms with Crippen LogP contribution in [-0.2, 0) is 4.74 Å². The minimum absolute atomic E-state index is 0.233. The molecule has 0 saturated heterocycles. The molecule has 0 fully saturated rings. The van der Waals surface area contributed by atoms with Crippen LogP contribution in [0.1, 0.15) is 39.5 Å². The molecule has 3 nitrogen and oxygen atoms in total. The van der Waals surface area contributed by atoms with E-state index in [-0.39, 0.29) is 6.61 Å². The fourth-order valence-electron chi connectivity index (χ4n) is 1.36. The van der Waals surface area contributed by atoms with E-state index in [1.807, 2.05) is 20.0 Å². The molecule has 0 aliphatic heterocycles. The van der Waals surface area contributed by atoms with Crippen molar-refractivity contribution in [2.45, 2.75) is 45.1 Å². The third kappa shape index (κ3) is 5.85. The molecule has 82 valence electrons. The standard InChI is InChI=1S/C11H20O3/c1-3-14-11(2,8-10-13)7-5-4-6-9-12/h12-13H,3-7,9H2,1-2H3. The lowest BCUT2D eigenvalue weighted by molar-refractivity contribution is 0.0127. The van der Waals surface area contributed by atoms with E-state index in [0.717, 1.165) is 25.7 Å². The largest absolute Gasteiger partial charge is 0.462 e. The van der Waals surface area contributed by atoms with Crippen molar-refractivity contribution in [3.63, 3.8) is 0 Å². The van der Waals surface area contributed by atoms with Crippen LogP contribution in [0.2, 0.25) is 0 Å². The van der Waals surface area contributed by atoms with Gasteiger partial charge in [-0.1, -0.05) is 6.42 Å². The van der Waals surface area contributed by atoms with Gasteiger partial charge in [0.15, 0.2) is 0 Å². The Morgan fingerprint density at radius 3 is 2.50 bits per heavy atom. The van der Waals surface area contributed by atoms with Crippen LogP contribution in [0.15, 0.2) is 0 Å². The molecule has 0 amide bonds. The first-order chi connectivity index (χ1) is 6.68. The predicted molar refractivity (Wildman–Crippen MR) is 55.3 cm³/mol. The highest BCUT2D eigenvalue weighted by Crippen LogP contribution is 2.18. The molecule has 0 aliphatic rings. The number of rotatable bonds is 7. The lowest BCUT2D eigenvalue weighted by Crippen LogP contribution is -2.26. The van der Waals surface area contributed by atoms with E-state index < -0.39 is 5.60 Å². The fraction of sp³-hybridized carbons (Fsp3) is 0.818. The maximum absolute atomic E-state index is 8.60. The zero-order valence-electron chi connectivity index (χ0n) is 9.05. The summed E-state index contributed by atoms with van der Waals surface area (Å²) in [6, 6.07) is 0. The van der Waals surface area contributed by atoms with Crippen LogP contribution in [0.25, 0.3) is 0 Å². The summed E-state index contributed by atoms with van der Waals surface area (Å²) in [4.78, 5) is 0. The van der Waals surface area contributed by atoms with Gasteiger partial charge >= 0.3 is 0 Å². The maximum atomic E-state index is 8.60. The molecular weight excluding hydrogens is 180 g/mol. The van der Waals surface area contributed by atoms with E-state index in [1.165, 1.54) is 0 Å². The Morgan fingerprint density at radius 2 is 2.00 bits per heavy atom. The number of unbranched alkanes of at least 4 members (excludes halogenated alkanes) is 2. The van der Waals surface area contributed by atoms with Crippen LogP contribution in [0.4, 0.5) is 0 Å². The van der Waals surface area contributed by atoms with Gasteiger partial charge in [0.2, 0.25) is 0 Å². The molecule has 0 heterocycles. The molecule has 0 aromatic carbocycles. The van der Waals surface area contributed by atoms with E-state index >= 15 is 0 Å². The van der Waals surface area contributed by atoms with Crippen LogP contribution in [-0.4, -0.2) is 29.0 Å². The van der Waals surface area contributed by atoms with Crippen LogP contribution < -0.4 is 0 Å². The van der Waals surface area contributed by atoms with E-state index in [9.17, 15) is 0 Å². The van der Waals surface area contributed by atoms with E-state index in [2.05, 4.69) is 5.92 Å². The van der Waals surface area contributed by atoms with Crippen LogP contribution >= 0.6 is 0 Å². The monoisotopic (exact) mass is 200 g/mol. The highest BCUT2D eigenvalue weighted by atomic mass is 16.5. The number of hydrogen-bond donors (Lipinski definition) is 2. The second kappa shape index (κ2) is 7.66. The zero-order valence-corrected chi connectivity index (χ0v) is 9.05. The van der Waals surface area contributed by atoms with Gasteiger partial charge in [-0.25, -0.2) is 0 Å². The highest BCUT2D eigenvalue weighted by Gasteiger charge is 2.21. The molecule has 2 N–H and O–H groups in total. The van der Waals surface area contributed by atoms with Crippen molar-refractivity contribution < 1.29 is 14.9 Å². The Kier molecular flexibility index (Phi) is 7.27. The Labute approximate surface area is 86.1 Å². The molecule has 1 unspecified atom stereocenters. The fourth-order valence-corrected chi connectivity index (χ4v) is 1.36. The quantitative estimate of drug-likeness (QED) is 0.485. The molecule has 0 saturated carbocycles. The number of hydrogen-bond acceptors (Lipinski definition) is 3. The second-order valence-electron chi connectivity index (χ2n) is 3.43. The van der Waals surface area contributed by atoms with Gasteiger partial charge in [-0.3, -0.25) is 0 Å². The minimum Gasteiger partial charge on any atom is -0.462 e. The molecule has 0 bridgehead atoms. The zero-order chi connectivity index (χ0) is 10.9. The average Bonchev–Trinajstić information content (AvgIpc) is 2.13. The summed E-state index contributed by atoms with van der Waals surface area (Å²) in [5.41, 5.74) is -0.543. The summed E-state index contributed by atoms with van der Waals surface area (Å²) in [5.74, 6) is 2.66. The Balaban J connectivity index is 3.88. The normalized spacial score (nSPS) is 14.2. The SMILES string of the molecule is CCOC(C)(C#CO)CCCCCO. The minimum atomic E-state index is -0.543. The Morgan fingerprint density at radius 1 is 1.29 bits per heavy atom. The van der Waals surface area contributed by atoms with Gasteiger partial charge in [-0.2, -0.15) is 0 Å². The lowest BCUT2D eigenvalue weighted by atomic mass is 9.99. The van der Waals surface area contributed by atoms with Crippen LogP contribution in [0.3, 0.4) is 0 Å². The van der Waals surface area contributed by atoms with Crippen molar-refractivity contribution in [1.82, 2.24) is 0 Å². The molecule has 0 aromatic rings. The molecule has 14 heavy (non-hydrogen) atoms. The molecule has 0 rings (SSSR count). The Bertz CT molecular complexity index is 192. The van der Waals surface area contributed by atoms with Gasteiger partial charge in [0.05, 0.1) is 0 Å². The summed E-state index contributed by atoms with van der Waals surface area (Å²) >= 11 is 0. The smallest absolute Gasteiger partial charge is 0.129 e. The van der Waals surface area contributed by atoms with Gasteiger partial charge in [-0.15, -0.1) is 0 Å². The summed E-state index contributed by atoms with van der Waals surface area (Å²) in [6.45, 7) is 4.60. The predicted octanol–water partition coefficient (Wildman–Crippen LogP) is 1.67. The molecular formula is C11H20O3. The van der Waals surface area contributed by atoms with Gasteiger partial charge in [0.25, 0.3) is 0 Å². The highest BCUT2D eigenvalue weighted by molar-refractivity contribution is 5.08. The summed E-state index contributed by atoms with van der Waals surface area (Å²) in [6.07, 6.45) is 5.42. The van der Waals surface area contributed by atoms with Crippen molar-refractivity contribution in [2.75, 3.05) is 13.2 Å². The summed E-state index contributed by atoms with van der Waals surface area (Å²) in [7, 11) is 0. The van der Waals surface area contributed by atoms with E-state index in [0.29, 0.717) is 6.61 Å². The van der Waals surface area contributed by atoms with Crippen molar-refractivity contribution in [3.05, 3.63) is 0 Å². The van der Waals surface area contributed by atoms with Crippen molar-refractivity contribution >= 4 is 0 Å². The summed E-state index contributed by atoms with van der Waals surface area (Å²) < 4.78 is 5.45. The van der Waals surface area contributed by atoms with Gasteiger partial charge in [-0.05, 0) is 39.0 Å². The van der Waals surface area contributed by atoms with Crippen LogP contribution in [0, 0.1) is 12.0 Å². The maximum Gasteiger partial charge on any atom is 0.129 e. The second-order valence-corrected chi connectivity index (χ2v) is 3.43. The molecule has 3 heteroatoms. The number of aliphatic hydroxyl groups is 2. The number of ether oxygens (including phenoxy) is 1. The lowest BCUT2D eigenvalue weighted by Gasteiger charge is -2.22. The first kappa shape index (κ1) is 13.3. The summed E-state index contributed by atoms with van der Waals surface area (Å²) in [5, 5.41) is 17.2. The van der Waals surface area contributed by atoms with E-state index in [1.54, 1.807) is 0 Å². The first-order valence-electron chi connectivity index (χ1n) is 5.09. The third-order valence-electron chi connectivity index (χ3n) is 2.10. The molecule has 1 atom stereocenters. The first-order valence-corrected chi connectivity index (χ1v) is 5.09. The Hall–Kier alpha value is -0.720. The van der Waals surface area contributed by atoms with Crippen molar-refractivity contribution in [1.29, 1.82) is 0 Å². The van der Waals surface area contributed by atoms with Gasteiger partial charge < -0.3 is 14.9 Å². The topological polar surface area (TPSA) is 49.7 Å². The van der Waals surface area contributed by atoms with Gasteiger partial charge in [0, 0.05) is 13.2 Å². The molecule has 0 radical (unpaired) electrons. The number of aliphatic hydroxyl groups excluding tert-OH is 2. The van der Waals surface area contributed by atoms with Crippen molar-refractivity contribution in [3.8, 4) is 12.0 Å². The van der Waals surface area contributed by atoms with Gasteiger partial charge in [0.1, 0.15) is 11.7 Å².